The van der Waals surface area contributed by atoms with Crippen LogP contribution in [0.2, 0.25) is 0 Å². The van der Waals surface area contributed by atoms with Gasteiger partial charge in [-0.2, -0.15) is 0 Å². The molecule has 19 heavy (non-hydrogen) atoms. The summed E-state index contributed by atoms with van der Waals surface area (Å²) in [5.74, 6) is -0.759. The van der Waals surface area contributed by atoms with Crippen molar-refractivity contribution in [3.05, 3.63) is 29.6 Å². The SMILES string of the molecule is CCCNCc1cc(F)cc(OCC(C)C(N)=O)c1. The van der Waals surface area contributed by atoms with Gasteiger partial charge in [-0.3, -0.25) is 4.79 Å². The molecule has 0 heterocycles. The summed E-state index contributed by atoms with van der Waals surface area (Å²) in [6, 6.07) is 4.53. The first-order valence-electron chi connectivity index (χ1n) is 6.45. The number of hydrogen-bond acceptors (Lipinski definition) is 3. The largest absolute Gasteiger partial charge is 0.493 e. The number of amides is 1. The number of nitrogens with one attached hydrogen (secondary N) is 1. The van der Waals surface area contributed by atoms with E-state index in [9.17, 15) is 9.18 Å². The van der Waals surface area contributed by atoms with E-state index >= 15 is 0 Å². The van der Waals surface area contributed by atoms with Gasteiger partial charge in [-0.05, 0) is 30.7 Å². The number of hydrogen-bond donors (Lipinski definition) is 2. The highest BCUT2D eigenvalue weighted by molar-refractivity contribution is 5.76. The van der Waals surface area contributed by atoms with E-state index in [0.29, 0.717) is 12.3 Å². The van der Waals surface area contributed by atoms with Gasteiger partial charge in [0.2, 0.25) is 5.91 Å². The van der Waals surface area contributed by atoms with E-state index < -0.39 is 11.8 Å². The normalized spacial score (nSPS) is 12.2. The van der Waals surface area contributed by atoms with Crippen LogP contribution in [0.15, 0.2) is 18.2 Å². The number of primary amides is 1. The molecule has 0 aliphatic rings. The Morgan fingerprint density at radius 3 is 2.84 bits per heavy atom. The van der Waals surface area contributed by atoms with Crippen LogP contribution in [0.3, 0.4) is 0 Å². The summed E-state index contributed by atoms with van der Waals surface area (Å²) < 4.78 is 18.8. The van der Waals surface area contributed by atoms with Gasteiger partial charge in [-0.25, -0.2) is 4.39 Å². The van der Waals surface area contributed by atoms with E-state index in [-0.39, 0.29) is 12.4 Å². The van der Waals surface area contributed by atoms with Gasteiger partial charge in [0, 0.05) is 12.6 Å². The quantitative estimate of drug-likeness (QED) is 0.707. The van der Waals surface area contributed by atoms with Gasteiger partial charge in [-0.1, -0.05) is 13.8 Å². The van der Waals surface area contributed by atoms with Crippen molar-refractivity contribution in [2.24, 2.45) is 11.7 Å². The molecule has 0 aliphatic heterocycles. The minimum atomic E-state index is -0.429. The van der Waals surface area contributed by atoms with Gasteiger partial charge >= 0.3 is 0 Å². The number of carbonyl (C=O) groups excluding carboxylic acids is 1. The van der Waals surface area contributed by atoms with Crippen LogP contribution < -0.4 is 15.8 Å². The monoisotopic (exact) mass is 268 g/mol. The Labute approximate surface area is 113 Å². The fourth-order valence-electron chi connectivity index (χ4n) is 1.52. The number of carbonyl (C=O) groups is 1. The van der Waals surface area contributed by atoms with Crippen LogP contribution >= 0.6 is 0 Å². The average molecular weight is 268 g/mol. The minimum absolute atomic E-state index is 0.153. The van der Waals surface area contributed by atoms with Crippen molar-refractivity contribution in [2.45, 2.75) is 26.8 Å². The smallest absolute Gasteiger partial charge is 0.223 e. The number of ether oxygens (including phenoxy) is 1. The molecule has 4 nitrogen and oxygen atoms in total. The predicted molar refractivity (Wildman–Crippen MR) is 72.3 cm³/mol. The molecule has 0 aromatic heterocycles. The third-order valence-electron chi connectivity index (χ3n) is 2.67. The molecule has 0 saturated carbocycles. The first-order valence-corrected chi connectivity index (χ1v) is 6.45. The molecule has 1 aromatic carbocycles. The second-order valence-corrected chi connectivity index (χ2v) is 4.59. The third-order valence-corrected chi connectivity index (χ3v) is 2.67. The van der Waals surface area contributed by atoms with Crippen molar-refractivity contribution in [3.8, 4) is 5.75 Å². The zero-order valence-corrected chi connectivity index (χ0v) is 11.4. The minimum Gasteiger partial charge on any atom is -0.493 e. The molecule has 1 unspecified atom stereocenters. The van der Waals surface area contributed by atoms with E-state index in [1.807, 2.05) is 0 Å². The molecule has 0 aliphatic carbocycles. The molecule has 1 rings (SSSR count). The van der Waals surface area contributed by atoms with Crippen LogP contribution in [0.25, 0.3) is 0 Å². The van der Waals surface area contributed by atoms with E-state index in [2.05, 4.69) is 12.2 Å². The summed E-state index contributed by atoms with van der Waals surface area (Å²) in [4.78, 5) is 10.9. The van der Waals surface area contributed by atoms with Crippen LogP contribution in [0.4, 0.5) is 4.39 Å². The third kappa shape index (κ3) is 5.70. The maximum atomic E-state index is 13.4. The van der Waals surface area contributed by atoms with Gasteiger partial charge in [0.05, 0.1) is 12.5 Å². The lowest BCUT2D eigenvalue weighted by atomic mass is 10.2. The lowest BCUT2D eigenvalue weighted by molar-refractivity contribution is -0.122. The summed E-state index contributed by atoms with van der Waals surface area (Å²) in [5.41, 5.74) is 5.95. The number of nitrogens with two attached hydrogens (primary N) is 1. The van der Waals surface area contributed by atoms with Crippen LogP contribution in [0.1, 0.15) is 25.8 Å². The summed E-state index contributed by atoms with van der Waals surface area (Å²) in [6.07, 6.45) is 1.02. The molecular formula is C14H21FN2O2. The molecule has 0 saturated heterocycles. The van der Waals surface area contributed by atoms with Crippen molar-refractivity contribution in [2.75, 3.05) is 13.2 Å². The highest BCUT2D eigenvalue weighted by Crippen LogP contribution is 2.17. The van der Waals surface area contributed by atoms with Crippen LogP contribution in [-0.4, -0.2) is 19.1 Å². The lowest BCUT2D eigenvalue weighted by Gasteiger charge is -2.11. The maximum absolute atomic E-state index is 13.4. The van der Waals surface area contributed by atoms with Gasteiger partial charge in [-0.15, -0.1) is 0 Å². The molecule has 0 fully saturated rings. The molecule has 0 bridgehead atoms. The Morgan fingerprint density at radius 2 is 2.21 bits per heavy atom. The number of rotatable bonds is 8. The first kappa shape index (κ1) is 15.4. The Morgan fingerprint density at radius 1 is 1.47 bits per heavy atom. The second kappa shape index (κ2) is 7.74. The maximum Gasteiger partial charge on any atom is 0.223 e. The molecule has 106 valence electrons. The van der Waals surface area contributed by atoms with Crippen molar-refractivity contribution < 1.29 is 13.9 Å². The molecule has 3 N–H and O–H groups in total. The fraction of sp³-hybridized carbons (Fsp3) is 0.500. The second-order valence-electron chi connectivity index (χ2n) is 4.59. The van der Waals surface area contributed by atoms with Gasteiger partial charge in [0.1, 0.15) is 11.6 Å². The first-order chi connectivity index (χ1) is 9.02. The summed E-state index contributed by atoms with van der Waals surface area (Å²) >= 11 is 0. The van der Waals surface area contributed by atoms with Crippen molar-refractivity contribution in [1.82, 2.24) is 5.32 Å². The number of benzene rings is 1. The van der Waals surface area contributed by atoms with Crippen molar-refractivity contribution in [3.63, 3.8) is 0 Å². The Hall–Kier alpha value is -1.62. The van der Waals surface area contributed by atoms with Crippen LogP contribution in [0.5, 0.6) is 5.75 Å². The topological polar surface area (TPSA) is 64.3 Å². The fourth-order valence-corrected chi connectivity index (χ4v) is 1.52. The Bertz CT molecular complexity index is 424. The van der Waals surface area contributed by atoms with Gasteiger partial charge in [0.25, 0.3) is 0 Å². The molecular weight excluding hydrogens is 247 g/mol. The lowest BCUT2D eigenvalue weighted by Crippen LogP contribution is -2.25. The van der Waals surface area contributed by atoms with Crippen molar-refractivity contribution >= 4 is 5.91 Å². The predicted octanol–water partition coefficient (Wildman–Crippen LogP) is 1.83. The zero-order valence-electron chi connectivity index (χ0n) is 11.4. The van der Waals surface area contributed by atoms with E-state index in [1.54, 1.807) is 13.0 Å². The van der Waals surface area contributed by atoms with Gasteiger partial charge < -0.3 is 15.8 Å². The molecule has 1 amide bonds. The Kier molecular flexibility index (Phi) is 6.29. The van der Waals surface area contributed by atoms with E-state index in [4.69, 9.17) is 10.5 Å². The molecule has 1 atom stereocenters. The summed E-state index contributed by atoms with van der Waals surface area (Å²) in [7, 11) is 0. The van der Waals surface area contributed by atoms with E-state index in [0.717, 1.165) is 18.5 Å². The summed E-state index contributed by atoms with van der Waals surface area (Å²) in [5, 5.41) is 3.19. The summed E-state index contributed by atoms with van der Waals surface area (Å²) in [6.45, 7) is 5.36. The van der Waals surface area contributed by atoms with Crippen LogP contribution in [-0.2, 0) is 11.3 Å². The Balaban J connectivity index is 2.60. The average Bonchev–Trinajstić information content (AvgIpc) is 2.35. The molecule has 5 heteroatoms. The molecule has 0 spiro atoms. The highest BCUT2D eigenvalue weighted by atomic mass is 19.1. The van der Waals surface area contributed by atoms with Crippen molar-refractivity contribution in [1.29, 1.82) is 0 Å². The highest BCUT2D eigenvalue weighted by Gasteiger charge is 2.10. The molecule has 1 aromatic rings. The van der Waals surface area contributed by atoms with Crippen LogP contribution in [0, 0.1) is 11.7 Å². The van der Waals surface area contributed by atoms with E-state index in [1.165, 1.54) is 12.1 Å². The number of halogens is 1. The standard InChI is InChI=1S/C14H21FN2O2/c1-3-4-17-8-11-5-12(15)7-13(6-11)19-9-10(2)14(16)18/h5-7,10,17H,3-4,8-9H2,1-2H3,(H2,16,18). The van der Waals surface area contributed by atoms with Gasteiger partial charge in [0.15, 0.2) is 0 Å². The molecule has 0 radical (unpaired) electrons. The zero-order chi connectivity index (χ0) is 14.3.